The third-order valence-electron chi connectivity index (χ3n) is 3.05. The Labute approximate surface area is 90.7 Å². The van der Waals surface area contributed by atoms with Gasteiger partial charge in [-0.15, -0.1) is 0 Å². The molecule has 0 amide bonds. The average molecular weight is 200 g/mol. The van der Waals surface area contributed by atoms with E-state index in [1.54, 1.807) is 0 Å². The highest BCUT2D eigenvalue weighted by molar-refractivity contribution is 5.75. The van der Waals surface area contributed by atoms with E-state index in [0.29, 0.717) is 0 Å². The van der Waals surface area contributed by atoms with Gasteiger partial charge in [0.05, 0.1) is 6.61 Å². The third kappa shape index (κ3) is 1.64. The van der Waals surface area contributed by atoms with E-state index >= 15 is 0 Å². The van der Waals surface area contributed by atoms with Gasteiger partial charge in [-0.2, -0.15) is 0 Å². The summed E-state index contributed by atoms with van der Waals surface area (Å²) in [6, 6.07) is 8.55. The molecule has 1 heteroatoms. The molecule has 0 aromatic rings. The minimum atomic E-state index is 0.128. The van der Waals surface area contributed by atoms with Crippen molar-refractivity contribution in [3.8, 4) is 11.1 Å². The summed E-state index contributed by atoms with van der Waals surface area (Å²) in [5.74, 6) is 0. The van der Waals surface area contributed by atoms with Crippen LogP contribution in [0.25, 0.3) is 11.1 Å². The molecule has 0 unspecified atom stereocenters. The molecular weight excluding hydrogens is 184 g/mol. The minimum Gasteiger partial charge on any atom is -0.392 e. The van der Waals surface area contributed by atoms with Crippen LogP contribution in [0, 0.1) is 20.8 Å². The van der Waals surface area contributed by atoms with Gasteiger partial charge < -0.3 is 5.11 Å². The van der Waals surface area contributed by atoms with Crippen LogP contribution in [0.3, 0.4) is 0 Å². The summed E-state index contributed by atoms with van der Waals surface area (Å²) >= 11 is 0. The van der Waals surface area contributed by atoms with Crippen molar-refractivity contribution in [3.05, 3.63) is 46.5 Å². The van der Waals surface area contributed by atoms with Crippen LogP contribution in [-0.4, -0.2) is 5.11 Å². The van der Waals surface area contributed by atoms with Gasteiger partial charge in [-0.05, 0) is 54.7 Å². The zero-order valence-corrected chi connectivity index (χ0v) is 9.46. The van der Waals surface area contributed by atoms with Crippen LogP contribution < -0.4 is 0 Å². The number of aliphatic hydroxyl groups excluding tert-OH is 1. The SMILES string of the molecule is Cc1ccc2c(C)c(CO)cc-2c(C)c1. The highest BCUT2D eigenvalue weighted by atomic mass is 16.3. The lowest BCUT2D eigenvalue weighted by molar-refractivity contribution is 0.281. The molecule has 2 rings (SSSR count). The third-order valence-corrected chi connectivity index (χ3v) is 3.05. The van der Waals surface area contributed by atoms with Gasteiger partial charge in [-0.1, -0.05) is 23.8 Å². The van der Waals surface area contributed by atoms with Gasteiger partial charge in [-0.3, -0.25) is 0 Å². The van der Waals surface area contributed by atoms with Crippen LogP contribution in [0.5, 0.6) is 0 Å². The summed E-state index contributed by atoms with van der Waals surface area (Å²) in [5, 5.41) is 9.23. The molecule has 78 valence electrons. The fourth-order valence-corrected chi connectivity index (χ4v) is 2.12. The predicted octanol–water partition coefficient (Wildman–Crippen LogP) is 3.21. The van der Waals surface area contributed by atoms with Crippen LogP contribution in [0.1, 0.15) is 22.3 Å². The van der Waals surface area contributed by atoms with Crippen LogP contribution in [-0.2, 0) is 6.61 Å². The van der Waals surface area contributed by atoms with Crippen molar-refractivity contribution >= 4 is 0 Å². The van der Waals surface area contributed by atoms with E-state index < -0.39 is 0 Å². The van der Waals surface area contributed by atoms with E-state index in [2.05, 4.69) is 45.0 Å². The van der Waals surface area contributed by atoms with Gasteiger partial charge in [-0.25, -0.2) is 0 Å². The Morgan fingerprint density at radius 1 is 1.00 bits per heavy atom. The van der Waals surface area contributed by atoms with E-state index in [9.17, 15) is 5.11 Å². The number of hydrogen-bond acceptors (Lipinski definition) is 1. The Morgan fingerprint density at radius 3 is 2.40 bits per heavy atom. The maximum absolute atomic E-state index is 9.23. The van der Waals surface area contributed by atoms with Crippen molar-refractivity contribution < 1.29 is 5.11 Å². The van der Waals surface area contributed by atoms with Crippen LogP contribution in [0.15, 0.2) is 24.3 Å². The first-order chi connectivity index (χ1) is 7.13. The maximum Gasteiger partial charge on any atom is 0.0684 e. The van der Waals surface area contributed by atoms with Gasteiger partial charge in [0.1, 0.15) is 0 Å². The molecule has 1 N–H and O–H groups in total. The first-order valence-corrected chi connectivity index (χ1v) is 5.24. The lowest BCUT2D eigenvalue weighted by atomic mass is 10.1. The molecule has 0 bridgehead atoms. The Balaban J connectivity index is 2.78. The quantitative estimate of drug-likeness (QED) is 0.749. The van der Waals surface area contributed by atoms with E-state index in [0.717, 1.165) is 5.56 Å². The topological polar surface area (TPSA) is 20.2 Å². The maximum atomic E-state index is 9.23. The Morgan fingerprint density at radius 2 is 1.73 bits per heavy atom. The molecule has 0 spiro atoms. The van der Waals surface area contributed by atoms with E-state index in [1.165, 1.54) is 27.8 Å². The molecule has 2 aliphatic carbocycles. The fourth-order valence-electron chi connectivity index (χ4n) is 2.12. The summed E-state index contributed by atoms with van der Waals surface area (Å²) in [7, 11) is 0. The number of rotatable bonds is 1. The molecule has 2 aliphatic rings. The van der Waals surface area contributed by atoms with E-state index in [-0.39, 0.29) is 6.61 Å². The summed E-state index contributed by atoms with van der Waals surface area (Å²) in [5.41, 5.74) is 7.29. The van der Waals surface area contributed by atoms with E-state index in [1.807, 2.05) is 0 Å². The first kappa shape index (κ1) is 10.2. The minimum absolute atomic E-state index is 0.128. The molecule has 0 fully saturated rings. The number of hydrogen-bond donors (Lipinski definition) is 1. The summed E-state index contributed by atoms with van der Waals surface area (Å²) < 4.78 is 0. The van der Waals surface area contributed by atoms with Crippen molar-refractivity contribution in [2.24, 2.45) is 0 Å². The summed E-state index contributed by atoms with van der Waals surface area (Å²) in [6.07, 6.45) is 0. The summed E-state index contributed by atoms with van der Waals surface area (Å²) in [4.78, 5) is 0. The Bertz CT molecular complexity index is 471. The normalized spacial score (nSPS) is 10.9. The van der Waals surface area contributed by atoms with Crippen LogP contribution >= 0.6 is 0 Å². The fraction of sp³-hybridized carbons (Fsp3) is 0.286. The van der Waals surface area contributed by atoms with Crippen molar-refractivity contribution in [1.82, 2.24) is 0 Å². The number of aryl methyl sites for hydroxylation is 2. The molecule has 0 saturated heterocycles. The second kappa shape index (κ2) is 3.67. The largest absolute Gasteiger partial charge is 0.392 e. The Kier molecular flexibility index (Phi) is 2.49. The number of aliphatic hydroxyl groups is 1. The molecule has 0 atom stereocenters. The monoisotopic (exact) mass is 200 g/mol. The van der Waals surface area contributed by atoms with Crippen molar-refractivity contribution in [1.29, 1.82) is 0 Å². The molecule has 0 aromatic carbocycles. The molecule has 0 radical (unpaired) electrons. The van der Waals surface area contributed by atoms with Crippen molar-refractivity contribution in [2.75, 3.05) is 0 Å². The van der Waals surface area contributed by atoms with Crippen molar-refractivity contribution in [2.45, 2.75) is 27.4 Å². The van der Waals surface area contributed by atoms with Gasteiger partial charge in [0.15, 0.2) is 0 Å². The van der Waals surface area contributed by atoms with Crippen molar-refractivity contribution in [3.63, 3.8) is 0 Å². The predicted molar refractivity (Wildman–Crippen MR) is 63.2 cm³/mol. The molecule has 0 aromatic heterocycles. The summed E-state index contributed by atoms with van der Waals surface area (Å²) in [6.45, 7) is 6.43. The zero-order chi connectivity index (χ0) is 11.0. The molecule has 1 nitrogen and oxygen atoms in total. The smallest absolute Gasteiger partial charge is 0.0684 e. The molecule has 0 saturated carbocycles. The molecule has 0 heterocycles. The standard InChI is InChI=1S/C14H16O/c1-9-4-5-13-11(3)12(8-15)7-14(13)10(2)6-9/h4-7,15H,8H2,1-3H3. The average Bonchev–Trinajstić information content (AvgIpc) is 2.44. The second-order valence-corrected chi connectivity index (χ2v) is 4.18. The van der Waals surface area contributed by atoms with Gasteiger partial charge in [0.25, 0.3) is 0 Å². The Hall–Kier alpha value is -1.34. The first-order valence-electron chi connectivity index (χ1n) is 5.24. The van der Waals surface area contributed by atoms with Crippen LogP contribution in [0.2, 0.25) is 0 Å². The highest BCUT2D eigenvalue weighted by Gasteiger charge is 2.12. The van der Waals surface area contributed by atoms with Gasteiger partial charge in [0, 0.05) is 0 Å². The zero-order valence-electron chi connectivity index (χ0n) is 9.46. The lowest BCUT2D eigenvalue weighted by Crippen LogP contribution is -1.80. The highest BCUT2D eigenvalue weighted by Crippen LogP contribution is 2.33. The van der Waals surface area contributed by atoms with Crippen LogP contribution in [0.4, 0.5) is 0 Å². The number of fused-ring (bicyclic) bond motifs is 1. The molecule has 0 aliphatic heterocycles. The van der Waals surface area contributed by atoms with E-state index in [4.69, 9.17) is 0 Å². The van der Waals surface area contributed by atoms with Gasteiger partial charge >= 0.3 is 0 Å². The van der Waals surface area contributed by atoms with Gasteiger partial charge in [0.2, 0.25) is 0 Å². The molecule has 15 heavy (non-hydrogen) atoms. The second-order valence-electron chi connectivity index (χ2n) is 4.18. The lowest BCUT2D eigenvalue weighted by Gasteiger charge is -1.97. The molecular formula is C14H16O.